The standard InChI is InChI=1S/C17H21N3O3/c21-16(12-3-1-2-4-12)20-9-7-19(8-10-20)13-5-6-14-15(11-13)23-17(22)18-14/h5-6,11-12H,1-4,7-10H2,(H,18,22). The molecular weight excluding hydrogens is 294 g/mol. The van der Waals surface area contributed by atoms with Crippen molar-refractivity contribution in [2.75, 3.05) is 31.1 Å². The van der Waals surface area contributed by atoms with Gasteiger partial charge in [-0.3, -0.25) is 9.78 Å². The smallest absolute Gasteiger partial charge is 0.408 e. The Morgan fingerprint density at radius 3 is 2.61 bits per heavy atom. The van der Waals surface area contributed by atoms with Crippen molar-refractivity contribution in [2.45, 2.75) is 25.7 Å². The van der Waals surface area contributed by atoms with Crippen LogP contribution in [0.25, 0.3) is 11.1 Å². The summed E-state index contributed by atoms with van der Waals surface area (Å²) in [4.78, 5) is 30.6. The Morgan fingerprint density at radius 1 is 1.13 bits per heavy atom. The van der Waals surface area contributed by atoms with Crippen LogP contribution in [0.15, 0.2) is 27.4 Å². The molecule has 1 aromatic carbocycles. The largest absolute Gasteiger partial charge is 0.417 e. The molecule has 122 valence electrons. The van der Waals surface area contributed by atoms with E-state index in [1.807, 2.05) is 23.1 Å². The molecule has 4 rings (SSSR count). The molecule has 0 radical (unpaired) electrons. The highest BCUT2D eigenvalue weighted by Gasteiger charge is 2.29. The number of benzene rings is 1. The van der Waals surface area contributed by atoms with Gasteiger partial charge in [-0.15, -0.1) is 0 Å². The highest BCUT2D eigenvalue weighted by Crippen LogP contribution is 2.27. The fourth-order valence-electron chi connectivity index (χ4n) is 3.75. The second-order valence-corrected chi connectivity index (χ2v) is 6.49. The van der Waals surface area contributed by atoms with Gasteiger partial charge >= 0.3 is 5.76 Å². The molecule has 1 saturated heterocycles. The van der Waals surface area contributed by atoms with E-state index in [1.54, 1.807) is 0 Å². The molecule has 0 unspecified atom stereocenters. The first-order valence-electron chi connectivity index (χ1n) is 8.37. The van der Waals surface area contributed by atoms with Gasteiger partial charge in [0, 0.05) is 43.9 Å². The van der Waals surface area contributed by atoms with Gasteiger partial charge in [-0.1, -0.05) is 12.8 Å². The van der Waals surface area contributed by atoms with Gasteiger partial charge in [0.15, 0.2) is 5.58 Å². The number of piperazine rings is 1. The molecule has 1 saturated carbocycles. The highest BCUT2D eigenvalue weighted by atomic mass is 16.4. The molecule has 1 aliphatic heterocycles. The normalized spacial score (nSPS) is 19.7. The SMILES string of the molecule is O=C(C1CCCC1)N1CCN(c2ccc3[nH]c(=O)oc3c2)CC1. The number of nitrogens with zero attached hydrogens (tertiary/aromatic N) is 2. The molecular formula is C17H21N3O3. The summed E-state index contributed by atoms with van der Waals surface area (Å²) in [6, 6.07) is 5.75. The van der Waals surface area contributed by atoms with Gasteiger partial charge < -0.3 is 14.2 Å². The lowest BCUT2D eigenvalue weighted by Gasteiger charge is -2.37. The summed E-state index contributed by atoms with van der Waals surface area (Å²) in [7, 11) is 0. The van der Waals surface area contributed by atoms with Crippen LogP contribution in [0.2, 0.25) is 0 Å². The van der Waals surface area contributed by atoms with Crippen molar-refractivity contribution in [3.05, 3.63) is 28.7 Å². The summed E-state index contributed by atoms with van der Waals surface area (Å²) in [6.45, 7) is 3.17. The van der Waals surface area contributed by atoms with Crippen molar-refractivity contribution in [1.82, 2.24) is 9.88 Å². The number of H-pyrrole nitrogens is 1. The van der Waals surface area contributed by atoms with Gasteiger partial charge in [-0.2, -0.15) is 0 Å². The molecule has 2 heterocycles. The Morgan fingerprint density at radius 2 is 1.87 bits per heavy atom. The molecule has 0 spiro atoms. The third-order valence-electron chi connectivity index (χ3n) is 5.07. The van der Waals surface area contributed by atoms with Crippen molar-refractivity contribution < 1.29 is 9.21 Å². The van der Waals surface area contributed by atoms with Crippen LogP contribution in [0.5, 0.6) is 0 Å². The van der Waals surface area contributed by atoms with Crippen LogP contribution >= 0.6 is 0 Å². The number of anilines is 1. The number of nitrogens with one attached hydrogen (secondary N) is 1. The maximum atomic E-state index is 12.5. The number of carbonyl (C=O) groups is 1. The topological polar surface area (TPSA) is 69.6 Å². The number of oxazole rings is 1. The number of fused-ring (bicyclic) bond motifs is 1. The summed E-state index contributed by atoms with van der Waals surface area (Å²) >= 11 is 0. The van der Waals surface area contributed by atoms with Crippen molar-refractivity contribution in [3.63, 3.8) is 0 Å². The molecule has 0 atom stereocenters. The van der Waals surface area contributed by atoms with Gasteiger partial charge in [0.05, 0.1) is 5.52 Å². The Kier molecular flexibility index (Phi) is 3.59. The molecule has 6 heteroatoms. The lowest BCUT2D eigenvalue weighted by Crippen LogP contribution is -2.50. The predicted molar refractivity (Wildman–Crippen MR) is 87.6 cm³/mol. The van der Waals surface area contributed by atoms with Crippen molar-refractivity contribution in [1.29, 1.82) is 0 Å². The number of aromatic nitrogens is 1. The zero-order chi connectivity index (χ0) is 15.8. The average Bonchev–Trinajstić information content (AvgIpc) is 3.22. The Bertz CT molecular complexity index is 765. The number of amides is 1. The summed E-state index contributed by atoms with van der Waals surface area (Å²) in [5, 5.41) is 0. The van der Waals surface area contributed by atoms with E-state index in [4.69, 9.17) is 4.42 Å². The summed E-state index contributed by atoms with van der Waals surface area (Å²) in [5.41, 5.74) is 2.33. The second kappa shape index (κ2) is 5.76. The number of hydrogen-bond acceptors (Lipinski definition) is 4. The van der Waals surface area contributed by atoms with Crippen molar-refractivity contribution in [2.24, 2.45) is 5.92 Å². The van der Waals surface area contributed by atoms with Crippen LogP contribution in [0.4, 0.5) is 5.69 Å². The summed E-state index contributed by atoms with van der Waals surface area (Å²) in [6.07, 6.45) is 4.50. The van der Waals surface area contributed by atoms with E-state index in [2.05, 4.69) is 9.88 Å². The maximum Gasteiger partial charge on any atom is 0.417 e. The quantitative estimate of drug-likeness (QED) is 0.920. The number of aromatic amines is 1. The van der Waals surface area contributed by atoms with E-state index >= 15 is 0 Å². The van der Waals surface area contributed by atoms with Gasteiger partial charge in [0.2, 0.25) is 5.91 Å². The first-order chi connectivity index (χ1) is 11.2. The van der Waals surface area contributed by atoms with Crippen LogP contribution < -0.4 is 10.7 Å². The van der Waals surface area contributed by atoms with Gasteiger partial charge in [0.25, 0.3) is 0 Å². The lowest BCUT2D eigenvalue weighted by molar-refractivity contribution is -0.135. The maximum absolute atomic E-state index is 12.5. The van der Waals surface area contributed by atoms with Crippen LogP contribution in [0.1, 0.15) is 25.7 Å². The second-order valence-electron chi connectivity index (χ2n) is 6.49. The Balaban J connectivity index is 1.43. The molecule has 1 amide bonds. The summed E-state index contributed by atoms with van der Waals surface area (Å²) < 4.78 is 5.12. The monoisotopic (exact) mass is 315 g/mol. The average molecular weight is 315 g/mol. The Hall–Kier alpha value is -2.24. The van der Waals surface area contributed by atoms with E-state index in [9.17, 15) is 9.59 Å². The van der Waals surface area contributed by atoms with Crippen molar-refractivity contribution >= 4 is 22.7 Å². The van der Waals surface area contributed by atoms with Crippen LogP contribution in [0, 0.1) is 5.92 Å². The molecule has 2 fully saturated rings. The fourth-order valence-corrected chi connectivity index (χ4v) is 3.75. The first kappa shape index (κ1) is 14.4. The van der Waals surface area contributed by atoms with E-state index in [1.165, 1.54) is 12.8 Å². The van der Waals surface area contributed by atoms with E-state index in [-0.39, 0.29) is 5.92 Å². The fraction of sp³-hybridized carbons (Fsp3) is 0.529. The minimum atomic E-state index is -0.427. The number of hydrogen-bond donors (Lipinski definition) is 1. The van der Waals surface area contributed by atoms with E-state index in [0.717, 1.165) is 44.7 Å². The Labute approximate surface area is 134 Å². The van der Waals surface area contributed by atoms with E-state index < -0.39 is 5.76 Å². The lowest BCUT2D eigenvalue weighted by atomic mass is 10.1. The third kappa shape index (κ3) is 2.73. The molecule has 2 aromatic rings. The number of carbonyl (C=O) groups excluding carboxylic acids is 1. The minimum absolute atomic E-state index is 0.257. The summed E-state index contributed by atoms with van der Waals surface area (Å²) in [5.74, 6) is 0.172. The zero-order valence-electron chi connectivity index (χ0n) is 13.1. The number of rotatable bonds is 2. The van der Waals surface area contributed by atoms with Crippen molar-refractivity contribution in [3.8, 4) is 0 Å². The van der Waals surface area contributed by atoms with Crippen LogP contribution in [-0.2, 0) is 4.79 Å². The van der Waals surface area contributed by atoms with Crippen LogP contribution in [0.3, 0.4) is 0 Å². The molecule has 1 aliphatic carbocycles. The molecule has 1 N–H and O–H groups in total. The predicted octanol–water partition coefficient (Wildman–Crippen LogP) is 1.96. The molecule has 2 aliphatic rings. The van der Waals surface area contributed by atoms with E-state index in [0.29, 0.717) is 17.0 Å². The van der Waals surface area contributed by atoms with Crippen LogP contribution in [-0.4, -0.2) is 42.0 Å². The zero-order valence-corrected chi connectivity index (χ0v) is 13.1. The minimum Gasteiger partial charge on any atom is -0.408 e. The van der Waals surface area contributed by atoms with Gasteiger partial charge in [0.1, 0.15) is 0 Å². The first-order valence-corrected chi connectivity index (χ1v) is 8.37. The molecule has 1 aromatic heterocycles. The van der Waals surface area contributed by atoms with Gasteiger partial charge in [-0.25, -0.2) is 4.79 Å². The molecule has 0 bridgehead atoms. The molecule has 6 nitrogen and oxygen atoms in total. The van der Waals surface area contributed by atoms with Gasteiger partial charge in [-0.05, 0) is 25.0 Å². The highest BCUT2D eigenvalue weighted by molar-refractivity contribution is 5.80. The molecule has 23 heavy (non-hydrogen) atoms. The third-order valence-corrected chi connectivity index (χ3v) is 5.07.